The van der Waals surface area contributed by atoms with Crippen LogP contribution in [0.5, 0.6) is 5.75 Å². The van der Waals surface area contributed by atoms with Crippen molar-refractivity contribution >= 4 is 5.82 Å². The van der Waals surface area contributed by atoms with E-state index in [0.29, 0.717) is 6.61 Å². The van der Waals surface area contributed by atoms with Gasteiger partial charge in [-0.2, -0.15) is 0 Å². The van der Waals surface area contributed by atoms with E-state index in [1.54, 1.807) is 25.7 Å². The maximum Gasteiger partial charge on any atom is 0.147 e. The van der Waals surface area contributed by atoms with E-state index >= 15 is 0 Å². The molecule has 116 valence electrons. The maximum absolute atomic E-state index is 6.01. The average molecular weight is 299 g/mol. The Morgan fingerprint density at radius 3 is 2.86 bits per heavy atom. The quantitative estimate of drug-likeness (QED) is 0.849. The van der Waals surface area contributed by atoms with Gasteiger partial charge in [-0.3, -0.25) is 4.98 Å². The molecular weight excluding hydrogens is 278 g/mol. The van der Waals surface area contributed by atoms with Gasteiger partial charge in [-0.1, -0.05) is 18.2 Å². The van der Waals surface area contributed by atoms with Gasteiger partial charge in [0.05, 0.1) is 12.7 Å². The number of anilines is 1. The minimum absolute atomic E-state index is 0.306. The fraction of sp³-hybridized carbons (Fsp3) is 0.412. The summed E-state index contributed by atoms with van der Waals surface area (Å²) in [5.74, 6) is 1.80. The Labute approximate surface area is 130 Å². The molecule has 0 radical (unpaired) electrons. The lowest BCUT2D eigenvalue weighted by atomic mass is 10.0. The molecule has 2 heterocycles. The van der Waals surface area contributed by atoms with Crippen LogP contribution in [-0.4, -0.2) is 42.4 Å². The zero-order valence-corrected chi connectivity index (χ0v) is 13.0. The van der Waals surface area contributed by atoms with Crippen LogP contribution in [0.2, 0.25) is 0 Å². The SMILES string of the molecule is CO[C@]1(COc2ccccc2C)CCN(c2cnccn2)C1. The molecule has 1 saturated heterocycles. The molecule has 5 nitrogen and oxygen atoms in total. The number of ether oxygens (including phenoxy) is 2. The number of rotatable bonds is 5. The van der Waals surface area contributed by atoms with Crippen molar-refractivity contribution in [1.29, 1.82) is 0 Å². The van der Waals surface area contributed by atoms with E-state index in [9.17, 15) is 0 Å². The largest absolute Gasteiger partial charge is 0.490 e. The van der Waals surface area contributed by atoms with Gasteiger partial charge in [0.2, 0.25) is 0 Å². The van der Waals surface area contributed by atoms with Crippen molar-refractivity contribution < 1.29 is 9.47 Å². The first-order chi connectivity index (χ1) is 10.7. The number of hydrogen-bond donors (Lipinski definition) is 0. The molecule has 0 unspecified atom stereocenters. The van der Waals surface area contributed by atoms with Crippen LogP contribution in [0.4, 0.5) is 5.82 Å². The number of para-hydroxylation sites is 1. The number of aromatic nitrogens is 2. The van der Waals surface area contributed by atoms with Crippen molar-refractivity contribution in [1.82, 2.24) is 9.97 Å². The van der Waals surface area contributed by atoms with Crippen LogP contribution in [0, 0.1) is 6.92 Å². The highest BCUT2D eigenvalue weighted by molar-refractivity contribution is 5.38. The molecule has 1 aliphatic heterocycles. The Bertz CT molecular complexity index is 620. The molecule has 0 N–H and O–H groups in total. The summed E-state index contributed by atoms with van der Waals surface area (Å²) in [6.45, 7) is 4.23. The van der Waals surface area contributed by atoms with E-state index in [4.69, 9.17) is 9.47 Å². The molecule has 3 rings (SSSR count). The van der Waals surface area contributed by atoms with Gasteiger partial charge in [-0.25, -0.2) is 4.98 Å². The van der Waals surface area contributed by atoms with Crippen LogP contribution >= 0.6 is 0 Å². The molecule has 1 aromatic heterocycles. The van der Waals surface area contributed by atoms with Crippen LogP contribution in [-0.2, 0) is 4.74 Å². The molecule has 0 spiro atoms. The van der Waals surface area contributed by atoms with Gasteiger partial charge >= 0.3 is 0 Å². The zero-order valence-electron chi connectivity index (χ0n) is 13.0. The second-order valence-electron chi connectivity index (χ2n) is 5.68. The standard InChI is InChI=1S/C17H21N3O2/c1-14-5-3-4-6-15(14)22-13-17(21-2)7-10-20(12-17)16-11-18-8-9-19-16/h3-6,8-9,11H,7,10,12-13H2,1-2H3/t17-/m1/s1. The van der Waals surface area contributed by atoms with E-state index in [-0.39, 0.29) is 5.60 Å². The Balaban J connectivity index is 1.68. The highest BCUT2D eigenvalue weighted by Crippen LogP contribution is 2.29. The fourth-order valence-electron chi connectivity index (χ4n) is 2.77. The molecular formula is C17H21N3O2. The third-order valence-electron chi connectivity index (χ3n) is 4.21. The lowest BCUT2D eigenvalue weighted by Crippen LogP contribution is -2.41. The van der Waals surface area contributed by atoms with Gasteiger partial charge in [0, 0.05) is 26.0 Å². The second kappa shape index (κ2) is 6.32. The lowest BCUT2D eigenvalue weighted by molar-refractivity contribution is -0.0270. The van der Waals surface area contributed by atoms with Crippen LogP contribution in [0.3, 0.4) is 0 Å². The van der Waals surface area contributed by atoms with Crippen LogP contribution in [0.1, 0.15) is 12.0 Å². The first kappa shape index (κ1) is 14.8. The predicted molar refractivity (Wildman–Crippen MR) is 85.3 cm³/mol. The van der Waals surface area contributed by atoms with Crippen molar-refractivity contribution in [2.45, 2.75) is 18.9 Å². The van der Waals surface area contributed by atoms with Gasteiger partial charge in [0.1, 0.15) is 23.8 Å². The number of hydrogen-bond acceptors (Lipinski definition) is 5. The Kier molecular flexibility index (Phi) is 4.24. The van der Waals surface area contributed by atoms with E-state index in [1.807, 2.05) is 18.2 Å². The Morgan fingerprint density at radius 2 is 2.14 bits per heavy atom. The average Bonchev–Trinajstić information content (AvgIpc) is 3.00. The van der Waals surface area contributed by atoms with Gasteiger partial charge in [0.25, 0.3) is 0 Å². The molecule has 1 aliphatic rings. The van der Waals surface area contributed by atoms with Crippen molar-refractivity contribution in [3.8, 4) is 5.75 Å². The Morgan fingerprint density at radius 1 is 1.27 bits per heavy atom. The molecule has 1 atom stereocenters. The van der Waals surface area contributed by atoms with Crippen LogP contribution in [0.25, 0.3) is 0 Å². The van der Waals surface area contributed by atoms with Gasteiger partial charge < -0.3 is 14.4 Å². The topological polar surface area (TPSA) is 47.5 Å². The minimum Gasteiger partial charge on any atom is -0.490 e. The summed E-state index contributed by atoms with van der Waals surface area (Å²) >= 11 is 0. The second-order valence-corrected chi connectivity index (χ2v) is 5.68. The molecule has 0 saturated carbocycles. The minimum atomic E-state index is -0.306. The first-order valence-corrected chi connectivity index (χ1v) is 7.47. The number of nitrogens with zero attached hydrogens (tertiary/aromatic N) is 3. The van der Waals surface area contributed by atoms with E-state index in [2.05, 4.69) is 27.9 Å². The van der Waals surface area contributed by atoms with Gasteiger partial charge in [-0.15, -0.1) is 0 Å². The van der Waals surface area contributed by atoms with Crippen LogP contribution in [0.15, 0.2) is 42.9 Å². The lowest BCUT2D eigenvalue weighted by Gasteiger charge is -2.28. The molecule has 1 fully saturated rings. The monoisotopic (exact) mass is 299 g/mol. The zero-order chi connectivity index (χ0) is 15.4. The fourth-order valence-corrected chi connectivity index (χ4v) is 2.77. The summed E-state index contributed by atoms with van der Waals surface area (Å²) in [4.78, 5) is 10.7. The smallest absolute Gasteiger partial charge is 0.147 e. The maximum atomic E-state index is 6.01. The van der Waals surface area contributed by atoms with E-state index < -0.39 is 0 Å². The number of methoxy groups -OCH3 is 1. The predicted octanol–water partition coefficient (Wildman–Crippen LogP) is 2.46. The van der Waals surface area contributed by atoms with Gasteiger partial charge in [0.15, 0.2) is 0 Å². The summed E-state index contributed by atoms with van der Waals surface area (Å²) < 4.78 is 11.8. The molecule has 0 aliphatic carbocycles. The molecule has 0 bridgehead atoms. The van der Waals surface area contributed by atoms with Crippen molar-refractivity contribution in [2.75, 3.05) is 31.7 Å². The normalized spacial score (nSPS) is 21.1. The third kappa shape index (κ3) is 3.04. The molecule has 0 amide bonds. The number of aryl methyl sites for hydroxylation is 1. The molecule has 2 aromatic rings. The summed E-state index contributed by atoms with van der Waals surface area (Å²) in [5.41, 5.74) is 0.831. The summed E-state index contributed by atoms with van der Waals surface area (Å²) in [6, 6.07) is 8.05. The molecule has 5 heteroatoms. The van der Waals surface area contributed by atoms with Crippen LogP contribution < -0.4 is 9.64 Å². The summed E-state index contributed by atoms with van der Waals surface area (Å²) in [7, 11) is 1.75. The highest BCUT2D eigenvalue weighted by atomic mass is 16.5. The van der Waals surface area contributed by atoms with Crippen molar-refractivity contribution in [3.05, 3.63) is 48.4 Å². The highest BCUT2D eigenvalue weighted by Gasteiger charge is 2.40. The third-order valence-corrected chi connectivity index (χ3v) is 4.21. The molecule has 22 heavy (non-hydrogen) atoms. The van der Waals surface area contributed by atoms with Crippen molar-refractivity contribution in [2.24, 2.45) is 0 Å². The summed E-state index contributed by atoms with van der Waals surface area (Å²) in [6.07, 6.45) is 6.09. The molecule has 1 aromatic carbocycles. The first-order valence-electron chi connectivity index (χ1n) is 7.47. The number of benzene rings is 1. The van der Waals surface area contributed by atoms with Crippen molar-refractivity contribution in [3.63, 3.8) is 0 Å². The van der Waals surface area contributed by atoms with E-state index in [0.717, 1.165) is 36.6 Å². The van der Waals surface area contributed by atoms with E-state index in [1.165, 1.54) is 0 Å². The van der Waals surface area contributed by atoms with Gasteiger partial charge in [-0.05, 0) is 25.0 Å². The Hall–Kier alpha value is -2.14. The summed E-state index contributed by atoms with van der Waals surface area (Å²) in [5, 5.41) is 0.